The SMILES string of the molecule is O=CC(O)c1cccc2c1CNC2. The highest BCUT2D eigenvalue weighted by atomic mass is 16.3. The third kappa shape index (κ3) is 1.36. The monoisotopic (exact) mass is 177 g/mol. The molecule has 0 saturated heterocycles. The predicted octanol–water partition coefficient (Wildman–Crippen LogP) is 0.522. The van der Waals surface area contributed by atoms with Crippen molar-refractivity contribution in [3.05, 3.63) is 34.9 Å². The summed E-state index contributed by atoms with van der Waals surface area (Å²) in [5.74, 6) is 0. The fraction of sp³-hybridized carbons (Fsp3) is 0.300. The van der Waals surface area contributed by atoms with Gasteiger partial charge in [0.15, 0.2) is 6.29 Å². The number of aldehydes is 1. The average Bonchev–Trinajstić information content (AvgIpc) is 2.63. The molecule has 2 rings (SSSR count). The molecule has 13 heavy (non-hydrogen) atoms. The van der Waals surface area contributed by atoms with Gasteiger partial charge in [0.1, 0.15) is 6.10 Å². The number of rotatable bonds is 2. The van der Waals surface area contributed by atoms with E-state index in [9.17, 15) is 9.90 Å². The lowest BCUT2D eigenvalue weighted by Crippen LogP contribution is -2.04. The Morgan fingerprint density at radius 1 is 1.46 bits per heavy atom. The second-order valence-electron chi connectivity index (χ2n) is 3.17. The van der Waals surface area contributed by atoms with Crippen molar-refractivity contribution < 1.29 is 9.90 Å². The van der Waals surface area contributed by atoms with Gasteiger partial charge in [0.2, 0.25) is 0 Å². The molecular weight excluding hydrogens is 166 g/mol. The molecule has 3 nitrogen and oxygen atoms in total. The Balaban J connectivity index is 2.46. The molecule has 0 spiro atoms. The molecule has 1 aliphatic rings. The molecule has 0 radical (unpaired) electrons. The zero-order chi connectivity index (χ0) is 9.26. The largest absolute Gasteiger partial charge is 0.381 e. The van der Waals surface area contributed by atoms with Crippen LogP contribution in [0.25, 0.3) is 0 Å². The van der Waals surface area contributed by atoms with Gasteiger partial charge in [0, 0.05) is 13.1 Å². The van der Waals surface area contributed by atoms with Gasteiger partial charge >= 0.3 is 0 Å². The van der Waals surface area contributed by atoms with E-state index in [4.69, 9.17) is 0 Å². The Morgan fingerprint density at radius 3 is 3.08 bits per heavy atom. The molecule has 1 aromatic carbocycles. The second kappa shape index (κ2) is 3.28. The zero-order valence-electron chi connectivity index (χ0n) is 7.16. The van der Waals surface area contributed by atoms with Crippen molar-refractivity contribution in [2.24, 2.45) is 0 Å². The molecular formula is C10H11NO2. The number of fused-ring (bicyclic) bond motifs is 1. The fourth-order valence-electron chi connectivity index (χ4n) is 1.71. The van der Waals surface area contributed by atoms with E-state index in [2.05, 4.69) is 5.32 Å². The number of carbonyl (C=O) groups is 1. The molecule has 0 fully saturated rings. The highest BCUT2D eigenvalue weighted by Gasteiger charge is 2.17. The summed E-state index contributed by atoms with van der Waals surface area (Å²) in [5.41, 5.74) is 2.98. The van der Waals surface area contributed by atoms with Crippen LogP contribution in [-0.2, 0) is 17.9 Å². The van der Waals surface area contributed by atoms with Gasteiger partial charge in [-0.3, -0.25) is 0 Å². The number of benzene rings is 1. The first-order valence-electron chi connectivity index (χ1n) is 4.27. The van der Waals surface area contributed by atoms with Crippen LogP contribution in [0.5, 0.6) is 0 Å². The van der Waals surface area contributed by atoms with E-state index >= 15 is 0 Å². The molecule has 1 unspecified atom stereocenters. The van der Waals surface area contributed by atoms with Gasteiger partial charge in [-0.15, -0.1) is 0 Å². The number of aliphatic hydroxyl groups is 1. The first-order valence-corrected chi connectivity index (χ1v) is 4.27. The summed E-state index contributed by atoms with van der Waals surface area (Å²) in [6.45, 7) is 1.57. The van der Waals surface area contributed by atoms with Crippen molar-refractivity contribution in [2.75, 3.05) is 0 Å². The Bertz CT molecular complexity index is 336. The summed E-state index contributed by atoms with van der Waals surface area (Å²) in [4.78, 5) is 10.4. The zero-order valence-corrected chi connectivity index (χ0v) is 7.16. The Morgan fingerprint density at radius 2 is 2.31 bits per heavy atom. The van der Waals surface area contributed by atoms with Gasteiger partial charge in [-0.1, -0.05) is 18.2 Å². The number of aliphatic hydroxyl groups excluding tert-OH is 1. The first-order chi connectivity index (χ1) is 6.33. The van der Waals surface area contributed by atoms with E-state index in [0.717, 1.165) is 24.2 Å². The van der Waals surface area contributed by atoms with Crippen LogP contribution in [0, 0.1) is 0 Å². The maximum Gasteiger partial charge on any atom is 0.153 e. The van der Waals surface area contributed by atoms with Crippen molar-refractivity contribution >= 4 is 6.29 Å². The maximum atomic E-state index is 10.4. The van der Waals surface area contributed by atoms with E-state index in [1.165, 1.54) is 5.56 Å². The molecule has 1 aliphatic heterocycles. The Labute approximate surface area is 76.4 Å². The van der Waals surface area contributed by atoms with Crippen molar-refractivity contribution in [2.45, 2.75) is 19.2 Å². The van der Waals surface area contributed by atoms with E-state index in [-0.39, 0.29) is 0 Å². The summed E-state index contributed by atoms with van der Waals surface area (Å²) in [6.07, 6.45) is -0.414. The smallest absolute Gasteiger partial charge is 0.153 e. The molecule has 0 amide bonds. The van der Waals surface area contributed by atoms with E-state index < -0.39 is 6.10 Å². The Kier molecular flexibility index (Phi) is 2.12. The highest BCUT2D eigenvalue weighted by Crippen LogP contribution is 2.23. The number of nitrogens with one attached hydrogen (secondary N) is 1. The van der Waals surface area contributed by atoms with Gasteiger partial charge in [-0.25, -0.2) is 0 Å². The summed E-state index contributed by atoms with van der Waals surface area (Å²) in [6, 6.07) is 5.68. The summed E-state index contributed by atoms with van der Waals surface area (Å²) in [7, 11) is 0. The Hall–Kier alpha value is -1.19. The van der Waals surface area contributed by atoms with E-state index in [1.54, 1.807) is 6.07 Å². The van der Waals surface area contributed by atoms with Gasteiger partial charge in [-0.05, 0) is 16.7 Å². The van der Waals surface area contributed by atoms with Crippen molar-refractivity contribution in [3.8, 4) is 0 Å². The van der Waals surface area contributed by atoms with Crippen molar-refractivity contribution in [3.63, 3.8) is 0 Å². The minimum Gasteiger partial charge on any atom is -0.381 e. The molecule has 1 atom stereocenters. The van der Waals surface area contributed by atoms with Crippen LogP contribution in [0.15, 0.2) is 18.2 Å². The quantitative estimate of drug-likeness (QED) is 0.647. The average molecular weight is 177 g/mol. The standard InChI is InChI=1S/C10H11NO2/c12-6-10(13)8-3-1-2-7-4-11-5-9(7)8/h1-3,6,10-11,13H,4-5H2. The lowest BCUT2D eigenvalue weighted by atomic mass is 10.00. The third-order valence-corrected chi connectivity index (χ3v) is 2.37. The number of carbonyl (C=O) groups excluding carboxylic acids is 1. The molecule has 2 N–H and O–H groups in total. The van der Waals surface area contributed by atoms with Gasteiger partial charge < -0.3 is 15.2 Å². The van der Waals surface area contributed by atoms with Crippen LogP contribution in [0.2, 0.25) is 0 Å². The van der Waals surface area contributed by atoms with Gasteiger partial charge in [0.05, 0.1) is 0 Å². The molecule has 3 heteroatoms. The van der Waals surface area contributed by atoms with Crippen LogP contribution >= 0.6 is 0 Å². The van der Waals surface area contributed by atoms with E-state index in [0.29, 0.717) is 6.29 Å². The van der Waals surface area contributed by atoms with Crippen LogP contribution in [0.3, 0.4) is 0 Å². The molecule has 1 aromatic rings. The van der Waals surface area contributed by atoms with Crippen LogP contribution in [0.4, 0.5) is 0 Å². The summed E-state index contributed by atoms with van der Waals surface area (Å²) >= 11 is 0. The maximum absolute atomic E-state index is 10.4. The lowest BCUT2D eigenvalue weighted by Gasteiger charge is -2.08. The molecule has 68 valence electrons. The summed E-state index contributed by atoms with van der Waals surface area (Å²) in [5, 5.41) is 12.6. The molecule has 0 saturated carbocycles. The normalized spacial score (nSPS) is 16.7. The fourth-order valence-corrected chi connectivity index (χ4v) is 1.71. The van der Waals surface area contributed by atoms with Crippen LogP contribution in [0.1, 0.15) is 22.8 Å². The third-order valence-electron chi connectivity index (χ3n) is 2.37. The van der Waals surface area contributed by atoms with Crippen molar-refractivity contribution in [1.29, 1.82) is 0 Å². The van der Waals surface area contributed by atoms with Crippen LogP contribution < -0.4 is 5.32 Å². The minimum atomic E-state index is -0.977. The van der Waals surface area contributed by atoms with Gasteiger partial charge in [-0.2, -0.15) is 0 Å². The molecule has 0 bridgehead atoms. The molecule has 0 aliphatic carbocycles. The minimum absolute atomic E-state index is 0.563. The number of hydrogen-bond donors (Lipinski definition) is 2. The number of hydrogen-bond acceptors (Lipinski definition) is 3. The lowest BCUT2D eigenvalue weighted by molar-refractivity contribution is -0.115. The first kappa shape index (κ1) is 8.41. The summed E-state index contributed by atoms with van der Waals surface area (Å²) < 4.78 is 0. The molecule has 0 aromatic heterocycles. The molecule has 1 heterocycles. The van der Waals surface area contributed by atoms with Crippen molar-refractivity contribution in [1.82, 2.24) is 5.32 Å². The predicted molar refractivity (Wildman–Crippen MR) is 48.0 cm³/mol. The van der Waals surface area contributed by atoms with Gasteiger partial charge in [0.25, 0.3) is 0 Å². The van der Waals surface area contributed by atoms with Crippen LogP contribution in [-0.4, -0.2) is 11.4 Å². The highest BCUT2D eigenvalue weighted by molar-refractivity contribution is 5.61. The van der Waals surface area contributed by atoms with E-state index in [1.807, 2.05) is 12.1 Å². The second-order valence-corrected chi connectivity index (χ2v) is 3.17. The topological polar surface area (TPSA) is 49.3 Å².